The second-order valence-corrected chi connectivity index (χ2v) is 11.0. The molecule has 0 fully saturated rings. The summed E-state index contributed by atoms with van der Waals surface area (Å²) in [6.07, 6.45) is 4.65. The molecule has 33 heavy (non-hydrogen) atoms. The zero-order chi connectivity index (χ0) is 24.6. The quantitative estimate of drug-likeness (QED) is 0.316. The number of sulfonamides is 1. The largest absolute Gasteiger partial charge is 0.593 e. The maximum Gasteiger partial charge on any atom is 0.593 e. The molecular formula is C22H30F3N3O3S2. The van der Waals surface area contributed by atoms with E-state index in [4.69, 9.17) is 0 Å². The first-order valence-electron chi connectivity index (χ1n) is 10.7. The summed E-state index contributed by atoms with van der Waals surface area (Å²) >= 11 is -3.72. The van der Waals surface area contributed by atoms with Crippen LogP contribution in [0.3, 0.4) is 0 Å². The zero-order valence-electron chi connectivity index (χ0n) is 18.8. The Hall–Kier alpha value is -1.95. The fourth-order valence-electron chi connectivity index (χ4n) is 3.24. The van der Waals surface area contributed by atoms with E-state index in [1.165, 1.54) is 31.4 Å². The van der Waals surface area contributed by atoms with Crippen molar-refractivity contribution in [2.75, 3.05) is 17.2 Å². The van der Waals surface area contributed by atoms with Crippen LogP contribution in [0.5, 0.6) is 0 Å². The molecule has 0 heterocycles. The minimum atomic E-state index is -5.18. The van der Waals surface area contributed by atoms with Crippen LogP contribution in [-0.2, 0) is 21.4 Å². The number of anilines is 3. The van der Waals surface area contributed by atoms with Gasteiger partial charge in [-0.25, -0.2) is 8.42 Å². The molecule has 2 aromatic rings. The van der Waals surface area contributed by atoms with Gasteiger partial charge in [0.2, 0.25) is 0 Å². The van der Waals surface area contributed by atoms with Gasteiger partial charge in [0.25, 0.3) is 10.0 Å². The summed E-state index contributed by atoms with van der Waals surface area (Å²) < 4.78 is 73.5. The van der Waals surface area contributed by atoms with Crippen LogP contribution >= 0.6 is 0 Å². The van der Waals surface area contributed by atoms with Gasteiger partial charge in [-0.05, 0) is 71.4 Å². The van der Waals surface area contributed by atoms with Crippen molar-refractivity contribution < 1.29 is 26.1 Å². The number of hydrogen-bond donors (Lipinski definition) is 3. The summed E-state index contributed by atoms with van der Waals surface area (Å²) in [5.41, 5.74) is -1.85. The molecule has 0 saturated carbocycles. The molecule has 0 saturated heterocycles. The second-order valence-electron chi connectivity index (χ2n) is 7.84. The molecule has 0 aliphatic carbocycles. The number of rotatable bonds is 12. The van der Waals surface area contributed by atoms with E-state index in [9.17, 15) is 26.1 Å². The maximum absolute atomic E-state index is 12.4. The number of unbranched alkanes of at least 4 members (excludes halogenated alkanes) is 1. The molecule has 0 spiro atoms. The summed E-state index contributed by atoms with van der Waals surface area (Å²) in [6, 6.07) is 11.1. The summed E-state index contributed by atoms with van der Waals surface area (Å²) in [6.45, 7) is 7.21. The molecule has 6 nitrogen and oxygen atoms in total. The van der Waals surface area contributed by atoms with E-state index in [1.54, 1.807) is 0 Å². The number of benzene rings is 2. The molecule has 2 aromatic carbocycles. The smallest absolute Gasteiger partial charge is 0.590 e. The second kappa shape index (κ2) is 12.0. The Balaban J connectivity index is 2.07. The Labute approximate surface area is 196 Å². The number of halogens is 3. The average molecular weight is 506 g/mol. The van der Waals surface area contributed by atoms with Crippen molar-refractivity contribution >= 4 is 38.4 Å². The molecule has 0 aliphatic rings. The Morgan fingerprint density at radius 3 is 2.24 bits per heavy atom. The van der Waals surface area contributed by atoms with Crippen molar-refractivity contribution in [3.05, 3.63) is 48.0 Å². The van der Waals surface area contributed by atoms with Crippen molar-refractivity contribution in [3.8, 4) is 0 Å². The van der Waals surface area contributed by atoms with E-state index in [2.05, 4.69) is 24.5 Å². The van der Waals surface area contributed by atoms with E-state index in [1.807, 2.05) is 25.1 Å². The van der Waals surface area contributed by atoms with Gasteiger partial charge in [-0.2, -0.15) is 0 Å². The lowest BCUT2D eigenvalue weighted by molar-refractivity contribution is -0.0440. The van der Waals surface area contributed by atoms with Gasteiger partial charge >= 0.3 is 5.51 Å². The Bertz CT molecular complexity index is 1000. The molecule has 0 amide bonds. The minimum absolute atomic E-state index is 0.421. The lowest BCUT2D eigenvalue weighted by atomic mass is 9.99. The van der Waals surface area contributed by atoms with Gasteiger partial charge in [-0.15, -0.1) is 13.2 Å². The molecule has 0 aromatic heterocycles. The highest BCUT2D eigenvalue weighted by molar-refractivity contribution is 8.05. The lowest BCUT2D eigenvalue weighted by Crippen LogP contribution is -2.40. The van der Waals surface area contributed by atoms with Crippen LogP contribution in [0.2, 0.25) is 0 Å². The van der Waals surface area contributed by atoms with Gasteiger partial charge in [0, 0.05) is 23.6 Å². The van der Waals surface area contributed by atoms with Crippen molar-refractivity contribution in [2.24, 2.45) is 5.92 Å². The van der Waals surface area contributed by atoms with Gasteiger partial charge in [-0.1, -0.05) is 33.1 Å². The highest BCUT2D eigenvalue weighted by Gasteiger charge is 2.48. The SMILES string of the molecule is CCCCC(CC)CNc1cc(C)cc(Nc2ccc(S(=O)(=O)N[S+]([O-])C(F)(F)F)cc2)c1. The number of aryl methyl sites for hydroxylation is 1. The first kappa shape index (κ1) is 27.3. The van der Waals surface area contributed by atoms with Crippen molar-refractivity contribution in [3.63, 3.8) is 0 Å². The maximum atomic E-state index is 12.4. The van der Waals surface area contributed by atoms with Crippen LogP contribution in [0.1, 0.15) is 45.1 Å². The summed E-state index contributed by atoms with van der Waals surface area (Å²) in [7, 11) is -4.58. The number of nitrogens with one attached hydrogen (secondary N) is 3. The van der Waals surface area contributed by atoms with Crippen molar-refractivity contribution in [1.82, 2.24) is 4.13 Å². The van der Waals surface area contributed by atoms with E-state index < -0.39 is 31.8 Å². The fraction of sp³-hybridized carbons (Fsp3) is 0.455. The van der Waals surface area contributed by atoms with Crippen LogP contribution in [0.25, 0.3) is 0 Å². The first-order valence-corrected chi connectivity index (χ1v) is 13.3. The Morgan fingerprint density at radius 1 is 1.03 bits per heavy atom. The van der Waals surface area contributed by atoms with Crippen LogP contribution in [0, 0.1) is 12.8 Å². The summed E-state index contributed by atoms with van der Waals surface area (Å²) in [5, 5.41) is 6.65. The molecule has 2 atom stereocenters. The molecular weight excluding hydrogens is 475 g/mol. The normalized spacial score (nSPS) is 14.0. The standard InChI is InChI=1S/C22H30F3N3O3S2/c1-4-6-7-17(5-2)15-26-19-12-16(3)13-20(14-19)27-18-8-10-21(11-9-18)33(30,31)28-32(29)22(23,24)25/h8-14,17,26-28H,4-7,15H2,1-3H3. The predicted octanol–water partition coefficient (Wildman–Crippen LogP) is 5.83. The van der Waals surface area contributed by atoms with Gasteiger partial charge in [0.15, 0.2) is 11.4 Å². The Kier molecular flexibility index (Phi) is 9.89. The highest BCUT2D eigenvalue weighted by atomic mass is 32.3. The third-order valence-electron chi connectivity index (χ3n) is 5.06. The zero-order valence-corrected chi connectivity index (χ0v) is 20.5. The van der Waals surface area contributed by atoms with E-state index in [0.717, 1.165) is 46.2 Å². The average Bonchev–Trinajstić information content (AvgIpc) is 2.73. The monoisotopic (exact) mass is 505 g/mol. The van der Waals surface area contributed by atoms with Gasteiger partial charge in [0.1, 0.15) is 0 Å². The molecule has 2 rings (SSSR count). The van der Waals surface area contributed by atoms with E-state index >= 15 is 0 Å². The minimum Gasteiger partial charge on any atom is -0.590 e. The van der Waals surface area contributed by atoms with Gasteiger partial charge in [-0.3, -0.25) is 0 Å². The topological polar surface area (TPSA) is 93.3 Å². The van der Waals surface area contributed by atoms with Crippen LogP contribution in [0.4, 0.5) is 30.2 Å². The first-order chi connectivity index (χ1) is 15.4. The predicted molar refractivity (Wildman–Crippen MR) is 127 cm³/mol. The van der Waals surface area contributed by atoms with Crippen molar-refractivity contribution in [2.45, 2.75) is 56.9 Å². The van der Waals surface area contributed by atoms with Gasteiger partial charge in [0.05, 0.1) is 4.90 Å². The summed E-state index contributed by atoms with van der Waals surface area (Å²) in [4.78, 5) is -0.421. The molecule has 0 radical (unpaired) electrons. The highest BCUT2D eigenvalue weighted by Crippen LogP contribution is 2.26. The molecule has 11 heteroatoms. The van der Waals surface area contributed by atoms with E-state index in [0.29, 0.717) is 11.6 Å². The number of alkyl halides is 3. The van der Waals surface area contributed by atoms with Crippen LogP contribution < -0.4 is 14.8 Å². The fourth-order valence-corrected chi connectivity index (χ4v) is 5.30. The molecule has 3 N–H and O–H groups in total. The molecule has 0 aliphatic heterocycles. The molecule has 0 bridgehead atoms. The molecule has 184 valence electrons. The van der Waals surface area contributed by atoms with E-state index in [-0.39, 0.29) is 0 Å². The lowest BCUT2D eigenvalue weighted by Gasteiger charge is -2.17. The third-order valence-corrected chi connectivity index (χ3v) is 7.86. The van der Waals surface area contributed by atoms with Crippen molar-refractivity contribution in [1.29, 1.82) is 0 Å². The third kappa shape index (κ3) is 8.73. The summed E-state index contributed by atoms with van der Waals surface area (Å²) in [5.74, 6) is 0.594. The molecule has 2 unspecified atom stereocenters. The Morgan fingerprint density at radius 2 is 1.67 bits per heavy atom. The van der Waals surface area contributed by atoms with Gasteiger partial charge < -0.3 is 15.2 Å². The number of hydrogen-bond acceptors (Lipinski definition) is 5. The van der Waals surface area contributed by atoms with Crippen LogP contribution in [0.15, 0.2) is 47.4 Å². The van der Waals surface area contributed by atoms with Crippen LogP contribution in [-0.4, -0.2) is 25.0 Å².